The van der Waals surface area contributed by atoms with Crippen molar-refractivity contribution in [2.45, 2.75) is 32.8 Å². The molecule has 0 aliphatic heterocycles. The third kappa shape index (κ3) is 8.69. The summed E-state index contributed by atoms with van der Waals surface area (Å²) in [6.45, 7) is 2.44. The van der Waals surface area contributed by atoms with Gasteiger partial charge in [-0.1, -0.05) is 24.3 Å². The van der Waals surface area contributed by atoms with Gasteiger partial charge in [-0.15, -0.1) is 0 Å². The molecule has 0 fully saturated rings. The highest BCUT2D eigenvalue weighted by molar-refractivity contribution is 5.79. The fourth-order valence-corrected chi connectivity index (χ4v) is 2.54. The smallest absolute Gasteiger partial charge is 0.367 e. The van der Waals surface area contributed by atoms with Crippen LogP contribution in [0, 0.1) is 0 Å². The quantitative estimate of drug-likeness (QED) is 0.478. The van der Waals surface area contributed by atoms with E-state index >= 15 is 0 Å². The Kier molecular flexibility index (Phi) is 8.91. The van der Waals surface area contributed by atoms with Gasteiger partial charge in [0, 0.05) is 33.4 Å². The van der Waals surface area contributed by atoms with Crippen LogP contribution >= 0.6 is 0 Å². The lowest BCUT2D eigenvalue weighted by atomic mass is 10.1. The van der Waals surface area contributed by atoms with Crippen LogP contribution in [0.3, 0.4) is 0 Å². The number of anilines is 1. The Labute approximate surface area is 175 Å². The number of aliphatic imine (C=N–C) groups is 1. The second-order valence-corrected chi connectivity index (χ2v) is 6.89. The number of ether oxygens (including phenoxy) is 1. The topological polar surface area (TPSA) is 61.8 Å². The van der Waals surface area contributed by atoms with Gasteiger partial charge in [-0.3, -0.25) is 0 Å². The number of aromatic nitrogens is 1. The molecule has 0 saturated heterocycles. The zero-order valence-corrected chi connectivity index (χ0v) is 17.5. The molecule has 0 atom stereocenters. The number of guanidine groups is 1. The molecule has 0 bridgehead atoms. The first-order valence-corrected chi connectivity index (χ1v) is 9.63. The number of halogens is 3. The summed E-state index contributed by atoms with van der Waals surface area (Å²) in [5, 5.41) is 6.46. The van der Waals surface area contributed by atoms with E-state index in [1.165, 1.54) is 0 Å². The lowest BCUT2D eigenvalue weighted by molar-refractivity contribution is -0.176. The van der Waals surface area contributed by atoms with Gasteiger partial charge in [0.05, 0.1) is 13.2 Å². The molecular weight excluding hydrogens is 395 g/mol. The number of nitrogens with one attached hydrogen (secondary N) is 2. The van der Waals surface area contributed by atoms with Crippen LogP contribution in [0.25, 0.3) is 0 Å². The Bertz CT molecular complexity index is 807. The Balaban J connectivity index is 1.89. The maximum absolute atomic E-state index is 12.1. The number of pyridine rings is 1. The molecule has 1 heterocycles. The molecule has 0 amide bonds. The van der Waals surface area contributed by atoms with Gasteiger partial charge >= 0.3 is 6.18 Å². The monoisotopic (exact) mass is 423 g/mol. The summed E-state index contributed by atoms with van der Waals surface area (Å²) in [6, 6.07) is 11.2. The van der Waals surface area contributed by atoms with E-state index in [1.807, 2.05) is 50.2 Å². The van der Waals surface area contributed by atoms with Crippen molar-refractivity contribution >= 4 is 11.8 Å². The molecule has 6 nitrogen and oxygen atoms in total. The molecule has 2 aromatic rings. The van der Waals surface area contributed by atoms with E-state index in [0.717, 1.165) is 23.5 Å². The van der Waals surface area contributed by atoms with Crippen LogP contribution in [0.1, 0.15) is 23.6 Å². The van der Waals surface area contributed by atoms with Gasteiger partial charge < -0.3 is 20.3 Å². The Morgan fingerprint density at radius 2 is 1.77 bits per heavy atom. The van der Waals surface area contributed by atoms with E-state index in [1.54, 1.807) is 18.3 Å². The van der Waals surface area contributed by atoms with Crippen LogP contribution in [0.2, 0.25) is 0 Å². The van der Waals surface area contributed by atoms with Crippen molar-refractivity contribution in [3.8, 4) is 0 Å². The second kappa shape index (κ2) is 11.4. The van der Waals surface area contributed by atoms with Gasteiger partial charge in [0.1, 0.15) is 12.4 Å². The van der Waals surface area contributed by atoms with E-state index in [9.17, 15) is 13.2 Å². The molecular formula is C21H28F3N5O. The molecule has 0 saturated carbocycles. The zero-order valence-electron chi connectivity index (χ0n) is 17.5. The lowest BCUT2D eigenvalue weighted by Gasteiger charge is -2.13. The molecule has 2 rings (SSSR count). The predicted octanol–water partition coefficient (Wildman–Crippen LogP) is 3.48. The van der Waals surface area contributed by atoms with E-state index in [-0.39, 0.29) is 6.61 Å². The zero-order chi connectivity index (χ0) is 22.0. The summed E-state index contributed by atoms with van der Waals surface area (Å²) < 4.78 is 41.1. The minimum absolute atomic E-state index is 0.0712. The molecule has 0 unspecified atom stereocenters. The summed E-state index contributed by atoms with van der Waals surface area (Å²) in [5.41, 5.74) is 2.73. The number of hydrogen-bond donors (Lipinski definition) is 2. The third-order valence-corrected chi connectivity index (χ3v) is 4.05. The largest absolute Gasteiger partial charge is 0.411 e. The first-order valence-electron chi connectivity index (χ1n) is 9.63. The van der Waals surface area contributed by atoms with Gasteiger partial charge in [-0.05, 0) is 35.7 Å². The molecule has 0 aliphatic rings. The summed E-state index contributed by atoms with van der Waals surface area (Å²) >= 11 is 0. The first kappa shape index (κ1) is 23.5. The summed E-state index contributed by atoms with van der Waals surface area (Å²) in [7, 11) is 3.88. The molecule has 0 aliphatic carbocycles. The summed E-state index contributed by atoms with van der Waals surface area (Å²) in [4.78, 5) is 10.8. The van der Waals surface area contributed by atoms with Crippen LogP contribution in [0.4, 0.5) is 19.0 Å². The van der Waals surface area contributed by atoms with Gasteiger partial charge in [-0.25, -0.2) is 9.98 Å². The maximum Gasteiger partial charge on any atom is 0.411 e. The van der Waals surface area contributed by atoms with Crippen molar-refractivity contribution in [3.05, 3.63) is 59.3 Å². The number of nitrogens with zero attached hydrogens (tertiary/aromatic N) is 3. The van der Waals surface area contributed by atoms with Crippen molar-refractivity contribution in [3.63, 3.8) is 0 Å². The fourth-order valence-electron chi connectivity index (χ4n) is 2.54. The summed E-state index contributed by atoms with van der Waals surface area (Å²) in [6.07, 6.45) is -2.54. The Hall–Kier alpha value is -2.81. The SMILES string of the molecule is CCNC(=NCc1ccnc(N(C)C)c1)NCc1ccc(COCC(F)(F)F)cc1. The first-order chi connectivity index (χ1) is 14.3. The number of hydrogen-bond acceptors (Lipinski definition) is 4. The normalized spacial score (nSPS) is 12.0. The molecule has 0 radical (unpaired) electrons. The van der Waals surface area contributed by atoms with E-state index < -0.39 is 12.8 Å². The number of alkyl halides is 3. The van der Waals surface area contributed by atoms with Crippen LogP contribution in [0.5, 0.6) is 0 Å². The van der Waals surface area contributed by atoms with Gasteiger partial charge in [-0.2, -0.15) is 13.2 Å². The highest BCUT2D eigenvalue weighted by Gasteiger charge is 2.27. The van der Waals surface area contributed by atoms with Crippen molar-refractivity contribution < 1.29 is 17.9 Å². The lowest BCUT2D eigenvalue weighted by Crippen LogP contribution is -2.36. The Morgan fingerprint density at radius 3 is 2.40 bits per heavy atom. The molecule has 30 heavy (non-hydrogen) atoms. The third-order valence-electron chi connectivity index (χ3n) is 4.05. The van der Waals surface area contributed by atoms with E-state index in [2.05, 4.69) is 25.3 Å². The molecule has 9 heteroatoms. The van der Waals surface area contributed by atoms with Gasteiger partial charge in [0.25, 0.3) is 0 Å². The maximum atomic E-state index is 12.1. The Morgan fingerprint density at radius 1 is 1.07 bits per heavy atom. The van der Waals surface area contributed by atoms with Crippen LogP contribution < -0.4 is 15.5 Å². The molecule has 2 N–H and O–H groups in total. The molecule has 1 aromatic heterocycles. The highest BCUT2D eigenvalue weighted by atomic mass is 19.4. The summed E-state index contributed by atoms with van der Waals surface area (Å²) in [5.74, 6) is 1.55. The van der Waals surface area contributed by atoms with Crippen LogP contribution in [0.15, 0.2) is 47.6 Å². The van der Waals surface area contributed by atoms with Crippen LogP contribution in [-0.2, 0) is 24.4 Å². The average molecular weight is 423 g/mol. The second-order valence-electron chi connectivity index (χ2n) is 6.89. The van der Waals surface area contributed by atoms with Crippen LogP contribution in [-0.4, -0.2) is 44.4 Å². The standard InChI is InChI=1S/C21H28F3N5O/c1-4-25-20(28-13-18-9-10-26-19(11-18)29(2)3)27-12-16-5-7-17(8-6-16)14-30-15-21(22,23)24/h5-11H,4,12-15H2,1-3H3,(H2,25,27,28). The average Bonchev–Trinajstić information content (AvgIpc) is 2.70. The van der Waals surface area contributed by atoms with Gasteiger partial charge in [0.2, 0.25) is 0 Å². The highest BCUT2D eigenvalue weighted by Crippen LogP contribution is 2.16. The molecule has 0 spiro atoms. The van der Waals surface area contributed by atoms with Crippen molar-refractivity contribution in [2.24, 2.45) is 4.99 Å². The van der Waals surface area contributed by atoms with E-state index in [4.69, 9.17) is 0 Å². The predicted molar refractivity (Wildman–Crippen MR) is 112 cm³/mol. The molecule has 1 aromatic carbocycles. The molecule has 164 valence electrons. The van der Waals surface area contributed by atoms with Crippen molar-refractivity contribution in [1.29, 1.82) is 0 Å². The van der Waals surface area contributed by atoms with Crippen molar-refractivity contribution in [2.75, 3.05) is 32.1 Å². The van der Waals surface area contributed by atoms with E-state index in [0.29, 0.717) is 24.6 Å². The van der Waals surface area contributed by atoms with Crippen molar-refractivity contribution in [1.82, 2.24) is 15.6 Å². The van der Waals surface area contributed by atoms with Gasteiger partial charge in [0.15, 0.2) is 5.96 Å². The minimum atomic E-state index is -4.31. The number of rotatable bonds is 9. The number of benzene rings is 1. The fraction of sp³-hybridized carbons (Fsp3) is 0.429. The minimum Gasteiger partial charge on any atom is -0.367 e.